The number of aryl methyl sites for hydroxylation is 2. The summed E-state index contributed by atoms with van der Waals surface area (Å²) in [5, 5.41) is 3.24. The van der Waals surface area contributed by atoms with Crippen LogP contribution in [0, 0.1) is 0 Å². The average molecular weight is 351 g/mol. The van der Waals surface area contributed by atoms with E-state index in [0.717, 1.165) is 31.2 Å². The summed E-state index contributed by atoms with van der Waals surface area (Å²) in [5.74, 6) is 0.121. The van der Waals surface area contributed by atoms with Crippen molar-refractivity contribution in [2.24, 2.45) is 0 Å². The molecule has 1 N–H and O–H groups in total. The molecule has 138 valence electrons. The SMILES string of the molecule is CCc1ccc(CC)c(CNC(=O)C2(c3ccccc3)CCOCC2)c1. The lowest BCUT2D eigenvalue weighted by molar-refractivity contribution is -0.130. The number of rotatable bonds is 6. The second-order valence-electron chi connectivity index (χ2n) is 7.05. The fourth-order valence-electron chi connectivity index (χ4n) is 3.88. The molecule has 1 amide bonds. The molecule has 3 heteroatoms. The van der Waals surface area contributed by atoms with Gasteiger partial charge in [-0.05, 0) is 47.9 Å². The van der Waals surface area contributed by atoms with Crippen molar-refractivity contribution < 1.29 is 9.53 Å². The topological polar surface area (TPSA) is 38.3 Å². The summed E-state index contributed by atoms with van der Waals surface area (Å²) in [4.78, 5) is 13.3. The van der Waals surface area contributed by atoms with E-state index < -0.39 is 5.41 Å². The first-order valence-electron chi connectivity index (χ1n) is 9.72. The van der Waals surface area contributed by atoms with Gasteiger partial charge in [-0.1, -0.05) is 62.4 Å². The van der Waals surface area contributed by atoms with Gasteiger partial charge in [0.25, 0.3) is 0 Å². The van der Waals surface area contributed by atoms with E-state index in [4.69, 9.17) is 4.74 Å². The number of carbonyl (C=O) groups excluding carboxylic acids is 1. The monoisotopic (exact) mass is 351 g/mol. The van der Waals surface area contributed by atoms with E-state index in [1.165, 1.54) is 16.7 Å². The highest BCUT2D eigenvalue weighted by Crippen LogP contribution is 2.35. The quantitative estimate of drug-likeness (QED) is 0.848. The molecular formula is C23H29NO2. The van der Waals surface area contributed by atoms with Crippen LogP contribution in [0.2, 0.25) is 0 Å². The minimum Gasteiger partial charge on any atom is -0.381 e. The maximum atomic E-state index is 13.3. The van der Waals surface area contributed by atoms with Gasteiger partial charge in [-0.15, -0.1) is 0 Å². The van der Waals surface area contributed by atoms with Crippen molar-refractivity contribution in [1.29, 1.82) is 0 Å². The molecule has 0 atom stereocenters. The first kappa shape index (κ1) is 18.7. The molecule has 1 saturated heterocycles. The van der Waals surface area contributed by atoms with E-state index >= 15 is 0 Å². The molecule has 0 aliphatic carbocycles. The number of hydrogen-bond donors (Lipinski definition) is 1. The highest BCUT2D eigenvalue weighted by molar-refractivity contribution is 5.88. The van der Waals surface area contributed by atoms with E-state index in [0.29, 0.717) is 19.8 Å². The highest BCUT2D eigenvalue weighted by atomic mass is 16.5. The van der Waals surface area contributed by atoms with Crippen LogP contribution in [0.15, 0.2) is 48.5 Å². The van der Waals surface area contributed by atoms with E-state index in [9.17, 15) is 4.79 Å². The van der Waals surface area contributed by atoms with Gasteiger partial charge >= 0.3 is 0 Å². The van der Waals surface area contributed by atoms with E-state index in [1.54, 1.807) is 0 Å². The predicted molar refractivity (Wildman–Crippen MR) is 105 cm³/mol. The van der Waals surface area contributed by atoms with Crippen LogP contribution in [-0.2, 0) is 34.3 Å². The zero-order valence-electron chi connectivity index (χ0n) is 15.9. The van der Waals surface area contributed by atoms with Crippen LogP contribution >= 0.6 is 0 Å². The van der Waals surface area contributed by atoms with Crippen molar-refractivity contribution in [3.63, 3.8) is 0 Å². The minimum absolute atomic E-state index is 0.121. The number of amides is 1. The molecule has 2 aromatic rings. The van der Waals surface area contributed by atoms with Gasteiger partial charge in [-0.3, -0.25) is 4.79 Å². The van der Waals surface area contributed by atoms with Gasteiger partial charge in [-0.2, -0.15) is 0 Å². The largest absolute Gasteiger partial charge is 0.381 e. The Bertz CT molecular complexity index is 733. The molecule has 1 aliphatic rings. The Labute approximate surface area is 156 Å². The van der Waals surface area contributed by atoms with Crippen LogP contribution in [0.5, 0.6) is 0 Å². The van der Waals surface area contributed by atoms with Crippen molar-refractivity contribution in [3.8, 4) is 0 Å². The smallest absolute Gasteiger partial charge is 0.231 e. The third kappa shape index (κ3) is 3.83. The molecule has 3 nitrogen and oxygen atoms in total. The van der Waals surface area contributed by atoms with Gasteiger partial charge in [0.05, 0.1) is 5.41 Å². The molecule has 2 aromatic carbocycles. The van der Waals surface area contributed by atoms with Crippen molar-refractivity contribution in [2.45, 2.75) is 51.5 Å². The highest BCUT2D eigenvalue weighted by Gasteiger charge is 2.41. The zero-order valence-corrected chi connectivity index (χ0v) is 15.9. The van der Waals surface area contributed by atoms with Crippen LogP contribution in [0.4, 0.5) is 0 Å². The van der Waals surface area contributed by atoms with Crippen molar-refractivity contribution in [3.05, 3.63) is 70.8 Å². The van der Waals surface area contributed by atoms with Crippen LogP contribution < -0.4 is 5.32 Å². The molecule has 1 aliphatic heterocycles. The van der Waals surface area contributed by atoms with Crippen LogP contribution in [0.1, 0.15) is 48.9 Å². The predicted octanol–water partition coefficient (Wildman–Crippen LogP) is 4.18. The third-order valence-electron chi connectivity index (χ3n) is 5.61. The minimum atomic E-state index is -0.478. The molecular weight excluding hydrogens is 322 g/mol. The summed E-state index contributed by atoms with van der Waals surface area (Å²) >= 11 is 0. The Hall–Kier alpha value is -2.13. The van der Waals surface area contributed by atoms with Gasteiger partial charge in [0.2, 0.25) is 5.91 Å². The first-order chi connectivity index (χ1) is 12.7. The number of ether oxygens (including phenoxy) is 1. The van der Waals surface area contributed by atoms with Gasteiger partial charge < -0.3 is 10.1 Å². The molecule has 3 rings (SSSR count). The maximum Gasteiger partial charge on any atom is 0.231 e. The normalized spacial score (nSPS) is 16.2. The van der Waals surface area contributed by atoms with Gasteiger partial charge in [0, 0.05) is 19.8 Å². The van der Waals surface area contributed by atoms with Crippen molar-refractivity contribution in [2.75, 3.05) is 13.2 Å². The average Bonchev–Trinajstić information content (AvgIpc) is 2.72. The summed E-state index contributed by atoms with van der Waals surface area (Å²) in [6, 6.07) is 16.8. The molecule has 1 heterocycles. The zero-order chi connectivity index (χ0) is 18.4. The number of nitrogens with one attached hydrogen (secondary N) is 1. The summed E-state index contributed by atoms with van der Waals surface area (Å²) in [6.45, 7) is 6.18. The third-order valence-corrected chi connectivity index (χ3v) is 5.61. The lowest BCUT2D eigenvalue weighted by atomic mass is 9.73. The Balaban J connectivity index is 1.81. The lowest BCUT2D eigenvalue weighted by Gasteiger charge is -2.36. The number of hydrogen-bond acceptors (Lipinski definition) is 2. The van der Waals surface area contributed by atoms with E-state index in [2.05, 4.69) is 49.5 Å². The lowest BCUT2D eigenvalue weighted by Crippen LogP contribution is -2.47. The molecule has 0 radical (unpaired) electrons. The summed E-state index contributed by atoms with van der Waals surface area (Å²) in [7, 11) is 0. The van der Waals surface area contributed by atoms with Crippen molar-refractivity contribution >= 4 is 5.91 Å². The van der Waals surface area contributed by atoms with E-state index in [1.807, 2.05) is 18.2 Å². The van der Waals surface area contributed by atoms with Crippen LogP contribution in [0.25, 0.3) is 0 Å². The van der Waals surface area contributed by atoms with Crippen LogP contribution in [-0.4, -0.2) is 19.1 Å². The molecule has 1 fully saturated rings. The molecule has 0 saturated carbocycles. The van der Waals surface area contributed by atoms with Gasteiger partial charge in [0.15, 0.2) is 0 Å². The summed E-state index contributed by atoms with van der Waals surface area (Å²) in [6.07, 6.45) is 3.46. The maximum absolute atomic E-state index is 13.3. The number of benzene rings is 2. The summed E-state index contributed by atoms with van der Waals surface area (Å²) < 4.78 is 5.55. The molecule has 0 spiro atoms. The Morgan fingerprint density at radius 3 is 2.38 bits per heavy atom. The van der Waals surface area contributed by atoms with Gasteiger partial charge in [-0.25, -0.2) is 0 Å². The number of carbonyl (C=O) groups is 1. The molecule has 26 heavy (non-hydrogen) atoms. The van der Waals surface area contributed by atoms with Crippen LogP contribution in [0.3, 0.4) is 0 Å². The molecule has 0 unspecified atom stereocenters. The van der Waals surface area contributed by atoms with E-state index in [-0.39, 0.29) is 5.91 Å². The summed E-state index contributed by atoms with van der Waals surface area (Å²) in [5.41, 5.74) is 4.47. The second-order valence-corrected chi connectivity index (χ2v) is 7.05. The molecule has 0 bridgehead atoms. The Morgan fingerprint density at radius 2 is 1.73 bits per heavy atom. The Morgan fingerprint density at radius 1 is 1.00 bits per heavy atom. The second kappa shape index (κ2) is 8.50. The first-order valence-corrected chi connectivity index (χ1v) is 9.72. The Kier molecular flexibility index (Phi) is 6.10. The van der Waals surface area contributed by atoms with Crippen molar-refractivity contribution in [1.82, 2.24) is 5.32 Å². The fourth-order valence-corrected chi connectivity index (χ4v) is 3.88. The van der Waals surface area contributed by atoms with Gasteiger partial charge in [0.1, 0.15) is 0 Å². The standard InChI is InChI=1S/C23H29NO2/c1-3-18-10-11-19(4-2)20(16-18)17-24-22(25)23(12-14-26-15-13-23)21-8-6-5-7-9-21/h5-11,16H,3-4,12-15,17H2,1-2H3,(H,24,25). The molecule has 0 aromatic heterocycles. The fraction of sp³-hybridized carbons (Fsp3) is 0.435.